The van der Waals surface area contributed by atoms with Crippen LogP contribution in [0.1, 0.15) is 22.3 Å². The van der Waals surface area contributed by atoms with Crippen LogP contribution in [-0.2, 0) is 22.4 Å². The van der Waals surface area contributed by atoms with Gasteiger partial charge in [0.05, 0.1) is 4.90 Å². The molecule has 4 nitrogen and oxygen atoms in total. The number of nitrogens with zero attached hydrogens (tertiary/aromatic N) is 1. The first kappa shape index (κ1) is 22.7. The van der Waals surface area contributed by atoms with Gasteiger partial charge in [-0.25, -0.2) is 8.42 Å². The number of benzene rings is 2. The zero-order valence-corrected chi connectivity index (χ0v) is 18.3. The number of nitrogens with one attached hydrogen (secondary N) is 1. The molecule has 1 aromatic heterocycles. The summed E-state index contributed by atoms with van der Waals surface area (Å²) in [5.74, 6) is 0.293. The lowest BCUT2D eigenvalue weighted by Crippen LogP contribution is -2.48. The third-order valence-electron chi connectivity index (χ3n) is 4.93. The maximum Gasteiger partial charge on any atom is 0.406 e. The van der Waals surface area contributed by atoms with E-state index in [2.05, 4.69) is 0 Å². The Hall–Kier alpha value is -2.03. The Kier molecular flexibility index (Phi) is 6.23. The summed E-state index contributed by atoms with van der Waals surface area (Å²) >= 11 is 5.81. The van der Waals surface area contributed by atoms with Crippen molar-refractivity contribution in [3.63, 3.8) is 0 Å². The molecule has 1 N–H and O–H groups in total. The van der Waals surface area contributed by atoms with Crippen molar-refractivity contribution in [3.8, 4) is 0 Å². The summed E-state index contributed by atoms with van der Waals surface area (Å²) in [6.45, 7) is 4.36. The predicted molar refractivity (Wildman–Crippen MR) is 112 cm³/mol. The lowest BCUT2D eigenvalue weighted by molar-refractivity contribution is -0.154. The quantitative estimate of drug-likeness (QED) is 0.515. The van der Waals surface area contributed by atoms with Crippen molar-refractivity contribution in [1.29, 1.82) is 0 Å². The van der Waals surface area contributed by atoms with Gasteiger partial charge < -0.3 is 4.57 Å². The molecule has 3 aromatic rings. The Morgan fingerprint density at radius 1 is 1.07 bits per heavy atom. The van der Waals surface area contributed by atoms with Crippen LogP contribution in [-0.4, -0.2) is 25.2 Å². The highest BCUT2D eigenvalue weighted by atomic mass is 35.5. The Morgan fingerprint density at radius 2 is 1.70 bits per heavy atom. The van der Waals surface area contributed by atoms with E-state index in [-0.39, 0.29) is 4.90 Å². The van der Waals surface area contributed by atoms with Gasteiger partial charge in [-0.2, -0.15) is 17.9 Å². The molecule has 162 valence electrons. The van der Waals surface area contributed by atoms with Crippen LogP contribution >= 0.6 is 11.6 Å². The van der Waals surface area contributed by atoms with Crippen molar-refractivity contribution in [2.45, 2.75) is 50.3 Å². The number of hydrogen-bond donors (Lipinski definition) is 1. The Balaban J connectivity index is 1.97. The molecule has 30 heavy (non-hydrogen) atoms. The van der Waals surface area contributed by atoms with Crippen LogP contribution in [0.15, 0.2) is 47.5 Å². The topological polar surface area (TPSA) is 51.1 Å². The van der Waals surface area contributed by atoms with Crippen LogP contribution in [0, 0.1) is 20.8 Å². The lowest BCUT2D eigenvalue weighted by Gasteiger charge is -2.24. The van der Waals surface area contributed by atoms with Crippen LogP contribution in [0.4, 0.5) is 13.2 Å². The average Bonchev–Trinajstić information content (AvgIpc) is 3.01. The molecule has 1 heterocycles. The minimum atomic E-state index is -4.77. The van der Waals surface area contributed by atoms with Crippen molar-refractivity contribution >= 4 is 32.5 Å². The Bertz CT molecular complexity index is 1160. The molecular formula is C21H22ClF3N2O2S. The highest BCUT2D eigenvalue weighted by Crippen LogP contribution is 2.28. The zero-order valence-electron chi connectivity index (χ0n) is 16.7. The number of fused-ring (bicyclic) bond motifs is 1. The van der Waals surface area contributed by atoms with Crippen molar-refractivity contribution in [2.24, 2.45) is 0 Å². The molecule has 0 radical (unpaired) electrons. The van der Waals surface area contributed by atoms with E-state index in [9.17, 15) is 21.6 Å². The molecule has 0 spiro atoms. The third-order valence-corrected chi connectivity index (χ3v) is 7.02. The second kappa shape index (κ2) is 8.24. The molecule has 0 saturated carbocycles. The maximum absolute atomic E-state index is 13.8. The molecule has 0 fully saturated rings. The number of sulfonamides is 1. The van der Waals surface area contributed by atoms with Gasteiger partial charge in [0, 0.05) is 24.1 Å². The molecule has 0 aliphatic heterocycles. The van der Waals surface area contributed by atoms with Gasteiger partial charge in [0.2, 0.25) is 10.0 Å². The number of aromatic nitrogens is 1. The van der Waals surface area contributed by atoms with Gasteiger partial charge in [0.1, 0.15) is 6.04 Å². The van der Waals surface area contributed by atoms with E-state index < -0.39 is 28.8 Å². The van der Waals surface area contributed by atoms with E-state index in [1.165, 1.54) is 10.8 Å². The summed E-state index contributed by atoms with van der Waals surface area (Å²) in [5.41, 5.74) is 3.06. The molecule has 2 aromatic carbocycles. The summed E-state index contributed by atoms with van der Waals surface area (Å²) in [6, 6.07) is 7.88. The summed E-state index contributed by atoms with van der Waals surface area (Å²) in [4.78, 5) is -0.119. The summed E-state index contributed by atoms with van der Waals surface area (Å²) < 4.78 is 70.4. The van der Waals surface area contributed by atoms with Gasteiger partial charge in [-0.3, -0.25) is 0 Å². The maximum atomic E-state index is 13.8. The fourth-order valence-electron chi connectivity index (χ4n) is 3.73. The summed E-state index contributed by atoms with van der Waals surface area (Å²) in [7, 11) is -4.39. The van der Waals surface area contributed by atoms with Crippen LogP contribution < -0.4 is 4.72 Å². The Labute approximate surface area is 178 Å². The van der Waals surface area contributed by atoms with Gasteiger partial charge in [-0.05, 0) is 61.0 Å². The van der Waals surface area contributed by atoms with Crippen molar-refractivity contribution in [3.05, 3.63) is 64.8 Å². The minimum absolute atomic E-state index is 0.119. The van der Waals surface area contributed by atoms with Gasteiger partial charge in [0.25, 0.3) is 0 Å². The van der Waals surface area contributed by atoms with Crippen LogP contribution in [0.3, 0.4) is 0 Å². The highest BCUT2D eigenvalue weighted by molar-refractivity contribution is 7.89. The first-order chi connectivity index (χ1) is 13.9. The molecule has 1 unspecified atom stereocenters. The van der Waals surface area contributed by atoms with E-state index >= 15 is 0 Å². The van der Waals surface area contributed by atoms with Gasteiger partial charge in [0.15, 0.2) is 0 Å². The monoisotopic (exact) mass is 458 g/mol. The highest BCUT2D eigenvalue weighted by Gasteiger charge is 2.43. The second-order valence-electron chi connectivity index (χ2n) is 7.44. The van der Waals surface area contributed by atoms with Gasteiger partial charge in [-0.1, -0.05) is 23.8 Å². The van der Waals surface area contributed by atoms with Gasteiger partial charge in [-0.15, -0.1) is 11.6 Å². The molecular weight excluding hydrogens is 437 g/mol. The largest absolute Gasteiger partial charge is 0.406 e. The number of hydrogen-bond acceptors (Lipinski definition) is 2. The molecule has 0 amide bonds. The van der Waals surface area contributed by atoms with Crippen molar-refractivity contribution in [2.75, 3.05) is 0 Å². The fraction of sp³-hybridized carbons (Fsp3) is 0.333. The molecule has 0 bridgehead atoms. The van der Waals surface area contributed by atoms with E-state index in [4.69, 9.17) is 11.6 Å². The summed E-state index contributed by atoms with van der Waals surface area (Å²) in [5, 5.41) is 0.738. The zero-order chi connectivity index (χ0) is 22.3. The number of rotatable bonds is 6. The molecule has 0 saturated heterocycles. The first-order valence-electron chi connectivity index (χ1n) is 9.23. The van der Waals surface area contributed by atoms with E-state index in [1.807, 2.05) is 4.72 Å². The number of halogens is 4. The lowest BCUT2D eigenvalue weighted by atomic mass is 10.1. The van der Waals surface area contributed by atoms with Crippen LogP contribution in [0.2, 0.25) is 0 Å². The standard InChI is InChI=1S/C21H22ClF3N2O2S/c1-13-8-14(2)20(15(3)9-13)30(28,29)26-19(21(23,24)25)12-27-7-6-17-10-16(11-22)4-5-18(17)27/h4-10,19,26H,11-12H2,1-3H3. The predicted octanol–water partition coefficient (Wildman–Crippen LogP) is 5.21. The second-order valence-corrected chi connectivity index (χ2v) is 9.36. The average molecular weight is 459 g/mol. The summed E-state index contributed by atoms with van der Waals surface area (Å²) in [6.07, 6.45) is -3.26. The molecule has 9 heteroatoms. The Morgan fingerprint density at radius 3 is 2.27 bits per heavy atom. The molecule has 1 atom stereocenters. The minimum Gasteiger partial charge on any atom is -0.346 e. The van der Waals surface area contributed by atoms with Crippen molar-refractivity contribution < 1.29 is 21.6 Å². The molecule has 0 aliphatic rings. The van der Waals surface area contributed by atoms with E-state index in [0.717, 1.165) is 16.5 Å². The van der Waals surface area contributed by atoms with E-state index in [1.54, 1.807) is 57.2 Å². The van der Waals surface area contributed by atoms with Gasteiger partial charge >= 0.3 is 6.18 Å². The van der Waals surface area contributed by atoms with Crippen LogP contribution in [0.25, 0.3) is 10.9 Å². The normalized spacial score (nSPS) is 13.7. The number of alkyl halides is 4. The molecule has 3 rings (SSSR count). The van der Waals surface area contributed by atoms with Crippen LogP contribution in [0.5, 0.6) is 0 Å². The SMILES string of the molecule is Cc1cc(C)c(S(=O)(=O)NC(Cn2ccc3cc(CCl)ccc32)C(F)(F)F)c(C)c1. The smallest absolute Gasteiger partial charge is 0.346 e. The first-order valence-corrected chi connectivity index (χ1v) is 11.2. The van der Waals surface area contributed by atoms with Crippen molar-refractivity contribution in [1.82, 2.24) is 9.29 Å². The fourth-order valence-corrected chi connectivity index (χ4v) is 5.57. The molecule has 0 aliphatic carbocycles. The van der Waals surface area contributed by atoms with E-state index in [0.29, 0.717) is 22.5 Å². The third kappa shape index (κ3) is 4.66. The number of aryl methyl sites for hydroxylation is 3.